The molecule has 2 fully saturated rings. The van der Waals surface area contributed by atoms with Gasteiger partial charge in [0.05, 0.1) is 0 Å². The van der Waals surface area contributed by atoms with Crippen LogP contribution < -0.4 is 5.32 Å². The number of hydrogen-bond acceptors (Lipinski definition) is 2. The van der Waals surface area contributed by atoms with Crippen molar-refractivity contribution in [3.8, 4) is 0 Å². The summed E-state index contributed by atoms with van der Waals surface area (Å²) in [5, 5.41) is 3.71. The normalized spacial score (nSPS) is 33.3. The van der Waals surface area contributed by atoms with Crippen LogP contribution in [0.15, 0.2) is 0 Å². The summed E-state index contributed by atoms with van der Waals surface area (Å²) < 4.78 is 0. The Morgan fingerprint density at radius 3 is 2.50 bits per heavy atom. The maximum Gasteiger partial charge on any atom is 0.0123 e. The Kier molecular flexibility index (Phi) is 5.92. The Labute approximate surface area is 126 Å². The summed E-state index contributed by atoms with van der Waals surface area (Å²) in [5.74, 6) is 1.83. The lowest BCUT2D eigenvalue weighted by Crippen LogP contribution is -2.50. The number of nitrogens with zero attached hydrogens (tertiary/aromatic N) is 1. The van der Waals surface area contributed by atoms with E-state index in [-0.39, 0.29) is 5.54 Å². The fourth-order valence-electron chi connectivity index (χ4n) is 4.16. The molecule has 1 N–H and O–H groups in total. The highest BCUT2D eigenvalue weighted by Crippen LogP contribution is 2.33. The van der Waals surface area contributed by atoms with Crippen molar-refractivity contribution in [1.29, 1.82) is 0 Å². The molecular weight excluding hydrogens is 244 g/mol. The molecule has 1 saturated heterocycles. The van der Waals surface area contributed by atoms with Gasteiger partial charge < -0.3 is 5.32 Å². The lowest BCUT2D eigenvalue weighted by Gasteiger charge is -2.44. The zero-order chi connectivity index (χ0) is 14.6. The monoisotopic (exact) mass is 280 g/mol. The third-order valence-corrected chi connectivity index (χ3v) is 5.33. The van der Waals surface area contributed by atoms with Gasteiger partial charge in [-0.05, 0) is 71.4 Å². The summed E-state index contributed by atoms with van der Waals surface area (Å²) in [6.07, 6.45) is 10.1. The third kappa shape index (κ3) is 4.73. The van der Waals surface area contributed by atoms with Crippen molar-refractivity contribution in [3.05, 3.63) is 0 Å². The predicted octanol–water partition coefficient (Wildman–Crippen LogP) is 4.06. The van der Waals surface area contributed by atoms with E-state index in [1.54, 1.807) is 0 Å². The molecule has 20 heavy (non-hydrogen) atoms. The van der Waals surface area contributed by atoms with Gasteiger partial charge in [-0.2, -0.15) is 0 Å². The van der Waals surface area contributed by atoms with Gasteiger partial charge in [-0.3, -0.25) is 4.90 Å². The molecule has 2 heteroatoms. The Morgan fingerprint density at radius 1 is 1.05 bits per heavy atom. The van der Waals surface area contributed by atoms with Crippen LogP contribution in [0, 0.1) is 11.8 Å². The van der Waals surface area contributed by atoms with Crippen LogP contribution in [0.25, 0.3) is 0 Å². The highest BCUT2D eigenvalue weighted by molar-refractivity contribution is 4.87. The summed E-state index contributed by atoms with van der Waals surface area (Å²) in [7, 11) is 0. The molecule has 0 amide bonds. The van der Waals surface area contributed by atoms with E-state index in [1.165, 1.54) is 64.6 Å². The van der Waals surface area contributed by atoms with Crippen LogP contribution in [-0.4, -0.2) is 36.1 Å². The van der Waals surface area contributed by atoms with Gasteiger partial charge in [0, 0.05) is 18.1 Å². The van der Waals surface area contributed by atoms with Crippen LogP contribution in [0.5, 0.6) is 0 Å². The van der Waals surface area contributed by atoms with E-state index in [1.807, 2.05) is 0 Å². The topological polar surface area (TPSA) is 15.3 Å². The number of hydrogen-bond donors (Lipinski definition) is 1. The second-order valence-electron chi connectivity index (χ2n) is 8.15. The zero-order valence-corrected chi connectivity index (χ0v) is 14.3. The molecule has 0 radical (unpaired) electrons. The minimum Gasteiger partial charge on any atom is -0.312 e. The van der Waals surface area contributed by atoms with Crippen molar-refractivity contribution in [2.24, 2.45) is 11.8 Å². The first-order valence-corrected chi connectivity index (χ1v) is 8.98. The van der Waals surface area contributed by atoms with Gasteiger partial charge in [-0.25, -0.2) is 0 Å². The maximum atomic E-state index is 3.71. The van der Waals surface area contributed by atoms with Gasteiger partial charge in [0.25, 0.3) is 0 Å². The van der Waals surface area contributed by atoms with Crippen LogP contribution in [0.2, 0.25) is 0 Å². The standard InChI is InChI=1S/C18H36N2/c1-5-16-10-6-7-11-17(16)20-12-8-9-15(14-20)13-19-18(2,3)4/h15-17,19H,5-14H2,1-4H3. The van der Waals surface area contributed by atoms with Gasteiger partial charge in [-0.15, -0.1) is 0 Å². The van der Waals surface area contributed by atoms with Crippen LogP contribution in [-0.2, 0) is 0 Å². The fraction of sp³-hybridized carbons (Fsp3) is 1.00. The highest BCUT2D eigenvalue weighted by atomic mass is 15.2. The van der Waals surface area contributed by atoms with Crippen LogP contribution >= 0.6 is 0 Å². The lowest BCUT2D eigenvalue weighted by molar-refractivity contribution is 0.0584. The fourth-order valence-corrected chi connectivity index (χ4v) is 4.16. The molecule has 1 heterocycles. The maximum absolute atomic E-state index is 3.71. The summed E-state index contributed by atoms with van der Waals surface area (Å²) >= 11 is 0. The van der Waals surface area contributed by atoms with Crippen molar-refractivity contribution >= 4 is 0 Å². The molecule has 0 bridgehead atoms. The quantitative estimate of drug-likeness (QED) is 0.835. The van der Waals surface area contributed by atoms with Crippen molar-refractivity contribution in [1.82, 2.24) is 10.2 Å². The molecule has 3 atom stereocenters. The molecule has 1 saturated carbocycles. The number of rotatable bonds is 4. The predicted molar refractivity (Wildman–Crippen MR) is 88.1 cm³/mol. The average Bonchev–Trinajstić information content (AvgIpc) is 2.45. The number of piperidine rings is 1. The molecule has 1 aliphatic heterocycles. The lowest BCUT2D eigenvalue weighted by atomic mass is 9.80. The first kappa shape index (κ1) is 16.3. The summed E-state index contributed by atoms with van der Waals surface area (Å²) in [4.78, 5) is 2.85. The van der Waals surface area contributed by atoms with Gasteiger partial charge in [0.15, 0.2) is 0 Å². The molecule has 0 spiro atoms. The first-order valence-electron chi connectivity index (χ1n) is 8.98. The van der Waals surface area contributed by atoms with E-state index < -0.39 is 0 Å². The Morgan fingerprint density at radius 2 is 1.80 bits per heavy atom. The van der Waals surface area contributed by atoms with Crippen LogP contribution in [0.1, 0.15) is 72.6 Å². The Balaban J connectivity index is 1.85. The van der Waals surface area contributed by atoms with E-state index >= 15 is 0 Å². The SMILES string of the molecule is CCC1CCCCC1N1CCCC(CNC(C)(C)C)C1. The summed E-state index contributed by atoms with van der Waals surface area (Å²) in [5.41, 5.74) is 0.263. The number of nitrogens with one attached hydrogen (secondary N) is 1. The molecule has 118 valence electrons. The molecule has 2 rings (SSSR count). The van der Waals surface area contributed by atoms with Gasteiger partial charge in [-0.1, -0.05) is 26.2 Å². The van der Waals surface area contributed by atoms with E-state index in [0.717, 1.165) is 17.9 Å². The molecule has 0 aromatic heterocycles. The van der Waals surface area contributed by atoms with Crippen molar-refractivity contribution < 1.29 is 0 Å². The third-order valence-electron chi connectivity index (χ3n) is 5.33. The average molecular weight is 280 g/mol. The molecule has 1 aliphatic carbocycles. The zero-order valence-electron chi connectivity index (χ0n) is 14.3. The summed E-state index contributed by atoms with van der Waals surface area (Å²) in [6.45, 7) is 13.1. The van der Waals surface area contributed by atoms with Crippen LogP contribution in [0.3, 0.4) is 0 Å². The van der Waals surface area contributed by atoms with E-state index in [0.29, 0.717) is 0 Å². The molecule has 3 unspecified atom stereocenters. The minimum atomic E-state index is 0.263. The first-order chi connectivity index (χ1) is 9.49. The minimum absolute atomic E-state index is 0.263. The van der Waals surface area contributed by atoms with Gasteiger partial charge in [0.2, 0.25) is 0 Å². The molecule has 0 aromatic rings. The summed E-state index contributed by atoms with van der Waals surface area (Å²) in [6, 6.07) is 0.895. The van der Waals surface area contributed by atoms with Crippen molar-refractivity contribution in [3.63, 3.8) is 0 Å². The Bertz CT molecular complexity index is 282. The molecule has 2 nitrogen and oxygen atoms in total. The number of likely N-dealkylation sites (tertiary alicyclic amines) is 1. The van der Waals surface area contributed by atoms with E-state index in [9.17, 15) is 0 Å². The second kappa shape index (κ2) is 7.26. The molecule has 0 aromatic carbocycles. The van der Waals surface area contributed by atoms with Gasteiger partial charge >= 0.3 is 0 Å². The van der Waals surface area contributed by atoms with Crippen molar-refractivity contribution in [2.45, 2.75) is 84.2 Å². The van der Waals surface area contributed by atoms with E-state index in [2.05, 4.69) is 37.9 Å². The van der Waals surface area contributed by atoms with Crippen LogP contribution in [0.4, 0.5) is 0 Å². The highest BCUT2D eigenvalue weighted by Gasteiger charge is 2.32. The molecule has 2 aliphatic rings. The second-order valence-corrected chi connectivity index (χ2v) is 8.15. The smallest absolute Gasteiger partial charge is 0.0123 e. The van der Waals surface area contributed by atoms with Crippen molar-refractivity contribution in [2.75, 3.05) is 19.6 Å². The molecular formula is C18H36N2. The Hall–Kier alpha value is -0.0800. The largest absolute Gasteiger partial charge is 0.312 e. The van der Waals surface area contributed by atoms with E-state index in [4.69, 9.17) is 0 Å². The van der Waals surface area contributed by atoms with Gasteiger partial charge in [0.1, 0.15) is 0 Å².